The molecule has 2 aromatic rings. The Balaban J connectivity index is 0.000000185. The summed E-state index contributed by atoms with van der Waals surface area (Å²) in [6.45, 7) is 4.71. The quantitative estimate of drug-likeness (QED) is 0.196. The van der Waals surface area contributed by atoms with Crippen molar-refractivity contribution in [2.45, 2.75) is 69.5 Å². The zero-order valence-electron chi connectivity index (χ0n) is 30.2. The number of hydrogen-bond donors (Lipinski definition) is 6. The van der Waals surface area contributed by atoms with Crippen molar-refractivity contribution in [3.63, 3.8) is 0 Å². The summed E-state index contributed by atoms with van der Waals surface area (Å²) in [5.41, 5.74) is 2.62. The van der Waals surface area contributed by atoms with Crippen LogP contribution in [0.2, 0.25) is 0 Å². The highest BCUT2D eigenvalue weighted by molar-refractivity contribution is 5.86. The molecule has 7 rings (SSSR count). The molecule has 0 bridgehead atoms. The number of anilines is 2. The minimum absolute atomic E-state index is 0.0235. The van der Waals surface area contributed by atoms with E-state index in [0.29, 0.717) is 51.6 Å². The van der Waals surface area contributed by atoms with Gasteiger partial charge in [0.2, 0.25) is 5.67 Å². The molecule has 5 aliphatic heterocycles. The minimum atomic E-state index is -1.95. The van der Waals surface area contributed by atoms with Crippen LogP contribution in [0.25, 0.3) is 0 Å². The molecule has 0 aromatic carbocycles. The maximum atomic E-state index is 15.2. The van der Waals surface area contributed by atoms with E-state index in [1.165, 1.54) is 16.0 Å². The lowest BCUT2D eigenvalue weighted by Gasteiger charge is -2.38. The Morgan fingerprint density at radius 1 is 0.849 bits per heavy atom. The fourth-order valence-electron chi connectivity index (χ4n) is 7.78. The molecule has 0 radical (unpaired) electrons. The van der Waals surface area contributed by atoms with Crippen LogP contribution in [0.5, 0.6) is 0 Å². The molecule has 3 amide bonds. The van der Waals surface area contributed by atoms with E-state index in [0.717, 1.165) is 81.1 Å². The highest BCUT2D eigenvalue weighted by Crippen LogP contribution is 2.31. The molecule has 7 heterocycles. The van der Waals surface area contributed by atoms with Gasteiger partial charge in [0.05, 0.1) is 19.1 Å². The first-order valence-corrected chi connectivity index (χ1v) is 18.9. The molecular weight excluding hydrogens is 685 g/mol. The van der Waals surface area contributed by atoms with Crippen LogP contribution in [-0.4, -0.2) is 142 Å². The number of halogens is 1. The van der Waals surface area contributed by atoms with Gasteiger partial charge in [0.15, 0.2) is 0 Å². The Morgan fingerprint density at radius 3 is 2.09 bits per heavy atom. The van der Waals surface area contributed by atoms with Crippen LogP contribution in [0.4, 0.5) is 20.8 Å². The number of nitrogens with one attached hydrogen (secondary N) is 4. The number of pyridine rings is 2. The second-order valence-electron chi connectivity index (χ2n) is 14.9. The third kappa shape index (κ3) is 10.5. The molecule has 288 valence electrons. The second-order valence-corrected chi connectivity index (χ2v) is 14.9. The summed E-state index contributed by atoms with van der Waals surface area (Å²) in [4.78, 5) is 60.2. The van der Waals surface area contributed by atoms with Crippen molar-refractivity contribution in [3.05, 3.63) is 46.8 Å². The number of carboxylic acid groups (broad SMARTS) is 2. The van der Waals surface area contributed by atoms with Crippen molar-refractivity contribution in [1.82, 2.24) is 35.3 Å². The average molecular weight is 738 g/mol. The van der Waals surface area contributed by atoms with Crippen molar-refractivity contribution >= 4 is 35.5 Å². The van der Waals surface area contributed by atoms with Gasteiger partial charge in [0, 0.05) is 83.1 Å². The summed E-state index contributed by atoms with van der Waals surface area (Å²) in [7, 11) is 0. The van der Waals surface area contributed by atoms with E-state index in [4.69, 9.17) is 15.2 Å². The van der Waals surface area contributed by atoms with Crippen LogP contribution in [0.3, 0.4) is 0 Å². The summed E-state index contributed by atoms with van der Waals surface area (Å²) in [6.07, 6.45) is 7.74. The summed E-state index contributed by atoms with van der Waals surface area (Å²) in [6, 6.07) is 8.20. The van der Waals surface area contributed by atoms with E-state index in [9.17, 15) is 19.2 Å². The van der Waals surface area contributed by atoms with Crippen molar-refractivity contribution in [2.75, 3.05) is 82.6 Å². The lowest BCUT2D eigenvalue weighted by Crippen LogP contribution is -2.61. The Hall–Kier alpha value is -4.57. The van der Waals surface area contributed by atoms with Crippen molar-refractivity contribution in [2.24, 2.45) is 5.92 Å². The zero-order valence-corrected chi connectivity index (χ0v) is 30.2. The fourth-order valence-corrected chi connectivity index (χ4v) is 7.78. The van der Waals surface area contributed by atoms with Gasteiger partial charge in [0.1, 0.15) is 11.6 Å². The second kappa shape index (κ2) is 17.5. The first-order chi connectivity index (χ1) is 25.5. The van der Waals surface area contributed by atoms with E-state index >= 15 is 4.39 Å². The van der Waals surface area contributed by atoms with Crippen molar-refractivity contribution < 1.29 is 33.8 Å². The molecule has 5 aliphatic rings. The molecule has 2 aromatic heterocycles. The number of aliphatic carboxylic acids is 2. The molecule has 16 heteroatoms. The molecule has 0 saturated carbocycles. The number of carbonyl (C=O) groups excluding carboxylic acids is 2. The zero-order chi connectivity index (χ0) is 37.4. The van der Waals surface area contributed by atoms with E-state index in [1.807, 2.05) is 6.07 Å². The first-order valence-electron chi connectivity index (χ1n) is 18.9. The number of carboxylic acids is 2. The molecule has 1 atom stereocenters. The molecule has 3 saturated heterocycles. The van der Waals surface area contributed by atoms with Crippen LogP contribution in [0.1, 0.15) is 54.6 Å². The number of amides is 3. The fraction of sp³-hybridized carbons (Fsp3) is 0.622. The van der Waals surface area contributed by atoms with Gasteiger partial charge in [0.25, 0.3) is 5.91 Å². The lowest BCUT2D eigenvalue weighted by molar-refractivity contribution is -0.145. The Labute approximate surface area is 309 Å². The van der Waals surface area contributed by atoms with E-state index < -0.39 is 23.5 Å². The number of carbonyl (C=O) groups is 4. The Kier molecular flexibility index (Phi) is 12.6. The smallest absolute Gasteiger partial charge is 0.317 e. The van der Waals surface area contributed by atoms with Gasteiger partial charge in [-0.05, 0) is 74.1 Å². The number of urea groups is 1. The number of rotatable bonds is 11. The SMILES string of the molecule is O=C(O)CN1CC(NC(=O)NCCc2ccc3c(n2)NCCC3)C1.O=C(O)CN1CCC(F)(C(=O)N2CCC(Cc3ccc4c(n3)NCCC4)CC2)C1. The van der Waals surface area contributed by atoms with E-state index in [2.05, 4.69) is 44.5 Å². The standard InChI is InChI=1S/C21H29FN4O3.C16H23N5O3/c22-21(7-11-25(14-21)13-18(27)28)20(29)26-9-5-15(6-10-26)12-17-4-3-16-2-1-8-23-19(16)24-17;22-14(23)10-21-8-13(9-21)20-16(24)18-7-5-12-4-3-11-2-1-6-17-15(11)19-12/h3-4,15H,1-2,5-14H2,(H,23,24)(H,27,28);3-4,13H,1-2,5-10H2,(H,17,19)(H,22,23)(H2,18,20,24). The monoisotopic (exact) mass is 737 g/mol. The number of alkyl halides is 1. The average Bonchev–Trinajstić information content (AvgIpc) is 3.51. The predicted molar refractivity (Wildman–Crippen MR) is 196 cm³/mol. The summed E-state index contributed by atoms with van der Waals surface area (Å²) in [5.74, 6) is 0.110. The van der Waals surface area contributed by atoms with Gasteiger partial charge < -0.3 is 36.4 Å². The van der Waals surface area contributed by atoms with Crippen LogP contribution in [-0.2, 0) is 40.1 Å². The highest BCUT2D eigenvalue weighted by Gasteiger charge is 2.48. The minimum Gasteiger partial charge on any atom is -0.480 e. The van der Waals surface area contributed by atoms with E-state index in [-0.39, 0.29) is 38.1 Å². The number of piperidine rings is 1. The molecule has 6 N–H and O–H groups in total. The van der Waals surface area contributed by atoms with Crippen LogP contribution in [0.15, 0.2) is 24.3 Å². The third-order valence-electron chi connectivity index (χ3n) is 10.7. The number of nitrogens with zero attached hydrogens (tertiary/aromatic N) is 5. The van der Waals surface area contributed by atoms with Crippen LogP contribution in [0, 0.1) is 5.92 Å². The number of hydrogen-bond acceptors (Lipinski definition) is 10. The Morgan fingerprint density at radius 2 is 1.45 bits per heavy atom. The van der Waals surface area contributed by atoms with Gasteiger partial charge in [-0.2, -0.15) is 0 Å². The highest BCUT2D eigenvalue weighted by atomic mass is 19.1. The van der Waals surface area contributed by atoms with Gasteiger partial charge in [-0.15, -0.1) is 0 Å². The topological polar surface area (TPSA) is 192 Å². The molecule has 53 heavy (non-hydrogen) atoms. The number of fused-ring (bicyclic) bond motifs is 2. The first kappa shape index (κ1) is 38.2. The van der Waals surface area contributed by atoms with Crippen LogP contribution < -0.4 is 21.3 Å². The third-order valence-corrected chi connectivity index (χ3v) is 10.7. The molecule has 3 fully saturated rings. The van der Waals surface area contributed by atoms with Crippen molar-refractivity contribution in [3.8, 4) is 0 Å². The van der Waals surface area contributed by atoms with Gasteiger partial charge in [-0.1, -0.05) is 12.1 Å². The van der Waals surface area contributed by atoms with Gasteiger partial charge in [-0.3, -0.25) is 24.2 Å². The van der Waals surface area contributed by atoms with E-state index in [1.54, 1.807) is 9.80 Å². The largest absolute Gasteiger partial charge is 0.480 e. The molecule has 0 spiro atoms. The summed E-state index contributed by atoms with van der Waals surface area (Å²) >= 11 is 0. The molecular formula is C37H52FN9O6. The lowest BCUT2D eigenvalue weighted by atomic mass is 9.90. The normalized spacial score (nSPS) is 21.8. The van der Waals surface area contributed by atoms with Crippen LogP contribution >= 0.6 is 0 Å². The Bertz CT molecular complexity index is 1630. The summed E-state index contributed by atoms with van der Waals surface area (Å²) < 4.78 is 15.2. The molecule has 15 nitrogen and oxygen atoms in total. The number of aryl methyl sites for hydroxylation is 2. The molecule has 1 unspecified atom stereocenters. The molecule has 0 aliphatic carbocycles. The van der Waals surface area contributed by atoms with Crippen molar-refractivity contribution in [1.29, 1.82) is 0 Å². The summed E-state index contributed by atoms with van der Waals surface area (Å²) in [5, 5.41) is 29.9. The predicted octanol–water partition coefficient (Wildman–Crippen LogP) is 1.77. The number of likely N-dealkylation sites (tertiary alicyclic amines) is 3. The maximum absolute atomic E-state index is 15.2. The number of aromatic nitrogens is 2. The maximum Gasteiger partial charge on any atom is 0.317 e. The van der Waals surface area contributed by atoms with Gasteiger partial charge in [-0.25, -0.2) is 19.2 Å². The van der Waals surface area contributed by atoms with Gasteiger partial charge >= 0.3 is 18.0 Å².